The number of carboxylic acids is 1. The van der Waals surface area contributed by atoms with Gasteiger partial charge in [0.15, 0.2) is 6.10 Å². The highest BCUT2D eigenvalue weighted by atomic mass is 32.1. The number of esters is 1. The van der Waals surface area contributed by atoms with Crippen LogP contribution in [0.15, 0.2) is 11.4 Å². The normalized spacial score (nSPS) is 12.1. The highest BCUT2D eigenvalue weighted by molar-refractivity contribution is 7.10. The first-order valence-electron chi connectivity index (χ1n) is 4.11. The van der Waals surface area contributed by atoms with Crippen LogP contribution in [0.5, 0.6) is 0 Å². The number of hydrogen-bond acceptors (Lipinski definition) is 5. The number of carbonyl (C=O) groups is 2. The summed E-state index contributed by atoms with van der Waals surface area (Å²) in [7, 11) is 1.27. The van der Waals surface area contributed by atoms with E-state index in [4.69, 9.17) is 10.2 Å². The van der Waals surface area contributed by atoms with Crippen LogP contribution >= 0.6 is 11.3 Å². The number of carbonyl (C=O) groups excluding carboxylic acids is 1. The van der Waals surface area contributed by atoms with E-state index in [1.165, 1.54) is 24.5 Å². The van der Waals surface area contributed by atoms with Crippen molar-refractivity contribution in [2.45, 2.75) is 12.5 Å². The van der Waals surface area contributed by atoms with Gasteiger partial charge in [-0.05, 0) is 6.07 Å². The first kappa shape index (κ1) is 11.7. The zero-order valence-electron chi connectivity index (χ0n) is 7.97. The minimum atomic E-state index is -1.44. The molecule has 0 aromatic carbocycles. The smallest absolute Gasteiger partial charge is 0.338 e. The Morgan fingerprint density at radius 3 is 2.80 bits per heavy atom. The van der Waals surface area contributed by atoms with Crippen molar-refractivity contribution in [3.8, 4) is 0 Å². The van der Waals surface area contributed by atoms with Gasteiger partial charge in [0.1, 0.15) is 0 Å². The van der Waals surface area contributed by atoms with Crippen LogP contribution in [0.2, 0.25) is 0 Å². The van der Waals surface area contributed by atoms with E-state index in [1.807, 2.05) is 0 Å². The predicted molar refractivity (Wildman–Crippen MR) is 53.0 cm³/mol. The molecule has 1 heterocycles. The first-order chi connectivity index (χ1) is 7.04. The molecule has 0 aliphatic carbocycles. The minimum Gasteiger partial charge on any atom is -0.479 e. The van der Waals surface area contributed by atoms with Gasteiger partial charge in [0, 0.05) is 16.7 Å². The molecule has 0 bridgehead atoms. The van der Waals surface area contributed by atoms with Crippen molar-refractivity contribution in [2.24, 2.45) is 0 Å². The molecular formula is C9H10O5S. The van der Waals surface area contributed by atoms with E-state index >= 15 is 0 Å². The summed E-state index contributed by atoms with van der Waals surface area (Å²) in [4.78, 5) is 22.0. The molecule has 15 heavy (non-hydrogen) atoms. The van der Waals surface area contributed by atoms with Crippen molar-refractivity contribution >= 4 is 23.3 Å². The summed E-state index contributed by atoms with van der Waals surface area (Å²) in [5.41, 5.74) is 0.370. The van der Waals surface area contributed by atoms with Crippen LogP contribution in [0.4, 0.5) is 0 Å². The number of thiophene rings is 1. The molecule has 1 aromatic rings. The highest BCUT2D eigenvalue weighted by Crippen LogP contribution is 2.17. The Morgan fingerprint density at radius 1 is 1.60 bits per heavy atom. The van der Waals surface area contributed by atoms with Gasteiger partial charge in [0.2, 0.25) is 0 Å². The van der Waals surface area contributed by atoms with Crippen LogP contribution in [0.25, 0.3) is 0 Å². The lowest BCUT2D eigenvalue weighted by molar-refractivity contribution is -0.146. The molecule has 82 valence electrons. The van der Waals surface area contributed by atoms with Crippen LogP contribution in [0.1, 0.15) is 15.2 Å². The van der Waals surface area contributed by atoms with Gasteiger partial charge in [-0.15, -0.1) is 11.3 Å². The highest BCUT2D eigenvalue weighted by Gasteiger charge is 2.16. The van der Waals surface area contributed by atoms with Crippen molar-refractivity contribution in [3.05, 3.63) is 21.9 Å². The molecule has 0 saturated heterocycles. The third-order valence-electron chi connectivity index (χ3n) is 1.75. The maximum atomic E-state index is 11.1. The van der Waals surface area contributed by atoms with Crippen molar-refractivity contribution in [1.29, 1.82) is 0 Å². The molecule has 0 spiro atoms. The third-order valence-corrected chi connectivity index (χ3v) is 2.71. The molecule has 1 atom stereocenters. The van der Waals surface area contributed by atoms with E-state index in [2.05, 4.69) is 4.74 Å². The lowest BCUT2D eigenvalue weighted by Gasteiger charge is -2.01. The molecule has 0 aliphatic rings. The standard InChI is InChI=1S/C9H10O5S/c1-14-9(13)5-2-6(15-4-5)3-7(10)8(11)12/h2,4,7,10H,3H2,1H3,(H,11,12). The van der Waals surface area contributed by atoms with Crippen LogP contribution in [-0.4, -0.2) is 35.4 Å². The number of rotatable bonds is 4. The number of aliphatic hydroxyl groups is 1. The molecule has 1 aromatic heterocycles. The number of carboxylic acid groups (broad SMARTS) is 1. The quantitative estimate of drug-likeness (QED) is 0.737. The Kier molecular flexibility index (Phi) is 3.81. The zero-order valence-corrected chi connectivity index (χ0v) is 8.78. The second-order valence-corrected chi connectivity index (χ2v) is 3.85. The summed E-state index contributed by atoms with van der Waals surface area (Å²) in [5, 5.41) is 19.1. The largest absolute Gasteiger partial charge is 0.479 e. The maximum absolute atomic E-state index is 11.1. The Labute approximate surface area is 89.9 Å². The fraction of sp³-hybridized carbons (Fsp3) is 0.333. The lowest BCUT2D eigenvalue weighted by Crippen LogP contribution is -2.21. The average Bonchev–Trinajstić information content (AvgIpc) is 2.65. The maximum Gasteiger partial charge on any atom is 0.338 e. The van der Waals surface area contributed by atoms with Crippen LogP contribution < -0.4 is 0 Å². The fourth-order valence-electron chi connectivity index (χ4n) is 0.990. The van der Waals surface area contributed by atoms with Gasteiger partial charge < -0.3 is 14.9 Å². The van der Waals surface area contributed by atoms with Crippen LogP contribution in [-0.2, 0) is 16.0 Å². The second-order valence-electron chi connectivity index (χ2n) is 2.85. The summed E-state index contributed by atoms with van der Waals surface area (Å²) in [6.07, 6.45) is -1.44. The molecule has 0 radical (unpaired) electrons. The summed E-state index contributed by atoms with van der Waals surface area (Å²) in [6, 6.07) is 1.52. The van der Waals surface area contributed by atoms with Gasteiger partial charge in [-0.3, -0.25) is 0 Å². The van der Waals surface area contributed by atoms with E-state index in [0.717, 1.165) is 0 Å². The molecule has 0 fully saturated rings. The van der Waals surface area contributed by atoms with E-state index in [9.17, 15) is 9.59 Å². The third kappa shape index (κ3) is 3.03. The van der Waals surface area contributed by atoms with E-state index in [1.54, 1.807) is 5.38 Å². The van der Waals surface area contributed by atoms with E-state index in [-0.39, 0.29) is 6.42 Å². The van der Waals surface area contributed by atoms with Crippen molar-refractivity contribution in [1.82, 2.24) is 0 Å². The van der Waals surface area contributed by atoms with Gasteiger partial charge in [0.05, 0.1) is 12.7 Å². The molecule has 2 N–H and O–H groups in total. The molecule has 0 amide bonds. The second kappa shape index (κ2) is 4.90. The fourth-order valence-corrected chi connectivity index (χ4v) is 1.88. The Bertz CT molecular complexity index is 370. The molecule has 0 aliphatic heterocycles. The Hall–Kier alpha value is -1.40. The number of ether oxygens (including phenoxy) is 1. The summed E-state index contributed by atoms with van der Waals surface area (Å²) in [6.45, 7) is 0. The Balaban J connectivity index is 2.68. The predicted octanol–water partition coefficient (Wildman–Crippen LogP) is 0.523. The molecule has 1 unspecified atom stereocenters. The van der Waals surface area contributed by atoms with Gasteiger partial charge in [-0.25, -0.2) is 9.59 Å². The summed E-state index contributed by atoms with van der Waals surface area (Å²) < 4.78 is 4.49. The molecule has 5 nitrogen and oxygen atoms in total. The van der Waals surface area contributed by atoms with Crippen molar-refractivity contribution in [3.63, 3.8) is 0 Å². The number of methoxy groups -OCH3 is 1. The van der Waals surface area contributed by atoms with Crippen molar-refractivity contribution < 1.29 is 24.5 Å². The summed E-state index contributed by atoms with van der Waals surface area (Å²) >= 11 is 1.21. The lowest BCUT2D eigenvalue weighted by atomic mass is 10.2. The monoisotopic (exact) mass is 230 g/mol. The average molecular weight is 230 g/mol. The first-order valence-corrected chi connectivity index (χ1v) is 4.99. The van der Waals surface area contributed by atoms with Gasteiger partial charge in [-0.1, -0.05) is 0 Å². The van der Waals surface area contributed by atoms with Gasteiger partial charge >= 0.3 is 11.9 Å². The topological polar surface area (TPSA) is 83.8 Å². The van der Waals surface area contributed by atoms with E-state index in [0.29, 0.717) is 10.4 Å². The number of aliphatic hydroxyl groups excluding tert-OH is 1. The van der Waals surface area contributed by atoms with Crippen molar-refractivity contribution in [2.75, 3.05) is 7.11 Å². The van der Waals surface area contributed by atoms with E-state index < -0.39 is 18.0 Å². The molecule has 0 saturated carbocycles. The van der Waals surface area contributed by atoms with Crippen LogP contribution in [0, 0.1) is 0 Å². The van der Waals surface area contributed by atoms with Crippen LogP contribution in [0.3, 0.4) is 0 Å². The molecular weight excluding hydrogens is 220 g/mol. The molecule has 6 heteroatoms. The number of aliphatic carboxylic acids is 1. The molecule has 1 rings (SSSR count). The van der Waals surface area contributed by atoms with Gasteiger partial charge in [0.25, 0.3) is 0 Å². The Morgan fingerprint density at radius 2 is 2.27 bits per heavy atom. The van der Waals surface area contributed by atoms with Gasteiger partial charge in [-0.2, -0.15) is 0 Å². The number of hydrogen-bond donors (Lipinski definition) is 2. The zero-order chi connectivity index (χ0) is 11.4. The summed E-state index contributed by atoms with van der Waals surface area (Å²) in [5.74, 6) is -1.75. The SMILES string of the molecule is COC(=O)c1csc(CC(O)C(=O)O)c1. The minimum absolute atomic E-state index is 0.00298.